The van der Waals surface area contributed by atoms with E-state index in [1.807, 2.05) is 56.3 Å². The number of thioether (sulfide) groups is 1. The van der Waals surface area contributed by atoms with Crippen molar-refractivity contribution in [2.45, 2.75) is 68.9 Å². The predicted molar refractivity (Wildman–Crippen MR) is 198 cm³/mol. The summed E-state index contributed by atoms with van der Waals surface area (Å²) >= 11 is 2.86. The molecule has 0 aliphatic heterocycles. The minimum Gasteiger partial charge on any atom is -0.465 e. The second-order valence-corrected chi connectivity index (χ2v) is 14.2. The summed E-state index contributed by atoms with van der Waals surface area (Å²) in [4.78, 5) is 55.1. The summed E-state index contributed by atoms with van der Waals surface area (Å²) in [6.45, 7) is 3.88. The first kappa shape index (κ1) is 35.6. The van der Waals surface area contributed by atoms with Crippen molar-refractivity contribution in [3.05, 3.63) is 117 Å². The first-order valence-electron chi connectivity index (χ1n) is 16.5. The van der Waals surface area contributed by atoms with E-state index in [2.05, 4.69) is 16.0 Å². The molecule has 10 heteroatoms. The van der Waals surface area contributed by atoms with Gasteiger partial charge >= 0.3 is 5.97 Å². The fourth-order valence-electron chi connectivity index (χ4n) is 5.70. The number of amides is 3. The van der Waals surface area contributed by atoms with E-state index in [-0.39, 0.29) is 11.6 Å². The first-order valence-corrected chi connectivity index (χ1v) is 18.2. The summed E-state index contributed by atoms with van der Waals surface area (Å²) in [5.74, 6) is -1.51. The highest BCUT2D eigenvalue weighted by atomic mass is 32.2. The number of nitrogens with one attached hydrogen (secondary N) is 3. The van der Waals surface area contributed by atoms with E-state index >= 15 is 0 Å². The van der Waals surface area contributed by atoms with Crippen molar-refractivity contribution in [2.75, 3.05) is 17.7 Å². The van der Waals surface area contributed by atoms with Gasteiger partial charge in [-0.2, -0.15) is 0 Å². The van der Waals surface area contributed by atoms with Crippen molar-refractivity contribution in [1.29, 1.82) is 0 Å². The van der Waals surface area contributed by atoms with Crippen LogP contribution < -0.4 is 16.0 Å². The lowest BCUT2D eigenvalue weighted by molar-refractivity contribution is -0.116. The highest BCUT2D eigenvalue weighted by Gasteiger charge is 2.28. The van der Waals surface area contributed by atoms with E-state index in [0.29, 0.717) is 28.2 Å². The first-order chi connectivity index (χ1) is 23.8. The quantitative estimate of drug-likeness (QED) is 0.0825. The lowest BCUT2D eigenvalue weighted by Crippen LogP contribution is -2.30. The lowest BCUT2D eigenvalue weighted by Gasteiger charge is -2.16. The average Bonchev–Trinajstić information content (AvgIpc) is 3.42. The van der Waals surface area contributed by atoms with Gasteiger partial charge in [-0.1, -0.05) is 68.3 Å². The Morgan fingerprint density at radius 2 is 1.63 bits per heavy atom. The van der Waals surface area contributed by atoms with Gasteiger partial charge in [0.05, 0.1) is 17.9 Å². The van der Waals surface area contributed by atoms with Crippen LogP contribution >= 0.6 is 23.1 Å². The van der Waals surface area contributed by atoms with E-state index in [1.165, 1.54) is 30.2 Å². The standard InChI is InChI=1S/C39H41N3O5S2/c1-4-32(37(45)42-38-34(39(46)47-3)30-21-10-5-6-11-22-33(30)49-38)48-29-20-14-19-28(24-29)40-36(44)31(23-27-18-13-12-15-25(27)2)41-35(43)26-16-8-7-9-17-26/h7-9,12-20,23-24,32H,4-6,10-11,21-22H2,1-3H3,(H,40,44)(H,41,43)(H,42,45)/b31-23-. The fourth-order valence-corrected chi connectivity index (χ4v) is 7.99. The van der Waals surface area contributed by atoms with Crippen LogP contribution in [0.2, 0.25) is 0 Å². The van der Waals surface area contributed by atoms with Crippen molar-refractivity contribution < 1.29 is 23.9 Å². The molecule has 5 rings (SSSR count). The zero-order chi connectivity index (χ0) is 34.8. The molecule has 0 radical (unpaired) electrons. The number of ether oxygens (including phenoxy) is 1. The molecule has 3 N–H and O–H groups in total. The summed E-state index contributed by atoms with van der Waals surface area (Å²) in [6.07, 6.45) is 8.24. The zero-order valence-corrected chi connectivity index (χ0v) is 29.6. The number of methoxy groups -OCH3 is 1. The molecule has 0 saturated carbocycles. The molecule has 8 nitrogen and oxygen atoms in total. The van der Waals surface area contributed by atoms with Gasteiger partial charge in [0.15, 0.2) is 0 Å². The fraction of sp³-hybridized carbons (Fsp3) is 0.282. The number of rotatable bonds is 11. The molecule has 1 unspecified atom stereocenters. The number of carbonyl (C=O) groups excluding carboxylic acids is 4. The van der Waals surface area contributed by atoms with Crippen molar-refractivity contribution >= 4 is 63.6 Å². The second kappa shape index (κ2) is 17.1. The molecule has 3 aromatic carbocycles. The van der Waals surface area contributed by atoms with Crippen molar-refractivity contribution in [2.24, 2.45) is 0 Å². The van der Waals surface area contributed by atoms with Crippen molar-refractivity contribution in [3.8, 4) is 0 Å². The molecular formula is C39H41N3O5S2. The van der Waals surface area contributed by atoms with Gasteiger partial charge in [0.2, 0.25) is 5.91 Å². The molecule has 1 heterocycles. The Morgan fingerprint density at radius 1 is 0.898 bits per heavy atom. The Morgan fingerprint density at radius 3 is 2.37 bits per heavy atom. The number of anilines is 2. The molecule has 254 valence electrons. The number of carbonyl (C=O) groups is 4. The van der Waals surface area contributed by atoms with Crippen LogP contribution in [0.1, 0.15) is 81.3 Å². The molecule has 1 atom stereocenters. The number of hydrogen-bond donors (Lipinski definition) is 3. The monoisotopic (exact) mass is 695 g/mol. The summed E-state index contributed by atoms with van der Waals surface area (Å²) in [5, 5.41) is 8.85. The van der Waals surface area contributed by atoms with Crippen molar-refractivity contribution in [1.82, 2.24) is 5.32 Å². The van der Waals surface area contributed by atoms with Gasteiger partial charge in [-0.25, -0.2) is 4.79 Å². The predicted octanol–water partition coefficient (Wildman–Crippen LogP) is 8.42. The number of aryl methyl sites for hydroxylation is 2. The Labute approximate surface area is 295 Å². The molecule has 49 heavy (non-hydrogen) atoms. The SMILES string of the molecule is CCC(Sc1cccc(NC(=O)/C(=C/c2ccccc2C)NC(=O)c2ccccc2)c1)C(=O)Nc1sc2c(c1C(=O)OC)CCCCCC2. The molecule has 0 saturated heterocycles. The average molecular weight is 696 g/mol. The van der Waals surface area contributed by atoms with Gasteiger partial charge in [-0.15, -0.1) is 23.1 Å². The van der Waals surface area contributed by atoms with E-state index < -0.39 is 23.0 Å². The smallest absolute Gasteiger partial charge is 0.341 e. The maximum Gasteiger partial charge on any atom is 0.341 e. The van der Waals surface area contributed by atoms with Crippen LogP contribution in [0.15, 0.2) is 89.5 Å². The van der Waals surface area contributed by atoms with E-state index in [0.717, 1.165) is 65.0 Å². The minimum absolute atomic E-state index is 0.0958. The largest absolute Gasteiger partial charge is 0.465 e. The molecule has 0 fully saturated rings. The minimum atomic E-state index is -0.483. The van der Waals surface area contributed by atoms with Gasteiger partial charge < -0.3 is 20.7 Å². The number of thiophene rings is 1. The highest BCUT2D eigenvalue weighted by molar-refractivity contribution is 8.00. The van der Waals surface area contributed by atoms with Crippen LogP contribution in [0.5, 0.6) is 0 Å². The van der Waals surface area contributed by atoms with Crippen LogP contribution in [0, 0.1) is 6.92 Å². The second-order valence-electron chi connectivity index (χ2n) is 11.8. The van der Waals surface area contributed by atoms with Gasteiger partial charge in [-0.3, -0.25) is 14.4 Å². The maximum atomic E-state index is 13.6. The van der Waals surface area contributed by atoms with E-state index in [1.54, 1.807) is 42.5 Å². The number of esters is 1. The number of benzene rings is 3. The van der Waals surface area contributed by atoms with Crippen LogP contribution in [-0.2, 0) is 27.2 Å². The molecule has 3 amide bonds. The molecule has 0 bridgehead atoms. The molecule has 1 aliphatic rings. The molecule has 4 aromatic rings. The Hall–Kier alpha value is -4.67. The Balaban J connectivity index is 1.32. The van der Waals surface area contributed by atoms with E-state index in [9.17, 15) is 19.2 Å². The van der Waals surface area contributed by atoms with E-state index in [4.69, 9.17) is 4.74 Å². The Bertz CT molecular complexity index is 1850. The number of hydrogen-bond acceptors (Lipinski definition) is 7. The van der Waals surface area contributed by atoms with Gasteiger partial charge in [0.1, 0.15) is 10.7 Å². The normalized spacial score (nSPS) is 13.7. The highest BCUT2D eigenvalue weighted by Crippen LogP contribution is 2.38. The maximum absolute atomic E-state index is 13.6. The summed E-state index contributed by atoms with van der Waals surface area (Å²) < 4.78 is 5.13. The van der Waals surface area contributed by atoms with Gasteiger partial charge in [0, 0.05) is 21.0 Å². The molecule has 0 spiro atoms. The Kier molecular flexibility index (Phi) is 12.5. The summed E-state index contributed by atoms with van der Waals surface area (Å²) in [5.41, 5.74) is 4.29. The van der Waals surface area contributed by atoms with Crippen molar-refractivity contribution in [3.63, 3.8) is 0 Å². The zero-order valence-electron chi connectivity index (χ0n) is 28.0. The third-order valence-corrected chi connectivity index (χ3v) is 10.9. The van der Waals surface area contributed by atoms with Gasteiger partial charge in [0.25, 0.3) is 11.8 Å². The number of fused-ring (bicyclic) bond motifs is 1. The topological polar surface area (TPSA) is 114 Å². The third-order valence-electron chi connectivity index (χ3n) is 8.35. The van der Waals surface area contributed by atoms with Crippen LogP contribution in [0.3, 0.4) is 0 Å². The summed E-state index contributed by atoms with van der Waals surface area (Å²) in [6, 6.07) is 23.6. The molecule has 1 aromatic heterocycles. The van der Waals surface area contributed by atoms with Crippen LogP contribution in [0.25, 0.3) is 6.08 Å². The molecule has 1 aliphatic carbocycles. The summed E-state index contributed by atoms with van der Waals surface area (Å²) in [7, 11) is 1.37. The molecular weight excluding hydrogens is 655 g/mol. The third kappa shape index (κ3) is 9.28. The van der Waals surface area contributed by atoms with Gasteiger partial charge in [-0.05, 0) is 92.1 Å². The lowest BCUT2D eigenvalue weighted by atomic mass is 9.96. The van der Waals surface area contributed by atoms with Crippen LogP contribution in [-0.4, -0.2) is 36.1 Å². The van der Waals surface area contributed by atoms with Crippen LogP contribution in [0.4, 0.5) is 10.7 Å².